The Balaban J connectivity index is 2.52. The van der Waals surface area contributed by atoms with Gasteiger partial charge in [-0.2, -0.15) is 0 Å². The summed E-state index contributed by atoms with van der Waals surface area (Å²) in [6, 6.07) is 7.94. The molecule has 0 bridgehead atoms. The van der Waals surface area contributed by atoms with Crippen molar-refractivity contribution in [2.75, 3.05) is 20.2 Å². The Kier molecular flexibility index (Phi) is 4.84. The first-order chi connectivity index (χ1) is 7.26. The molecule has 1 aromatic carbocycles. The van der Waals surface area contributed by atoms with Gasteiger partial charge in [-0.15, -0.1) is 0 Å². The number of carbonyl (C=O) groups is 1. The summed E-state index contributed by atoms with van der Waals surface area (Å²) in [6.07, 6.45) is 0.911. The summed E-state index contributed by atoms with van der Waals surface area (Å²) in [5, 5.41) is 0. The second-order valence-electron chi connectivity index (χ2n) is 3.44. The van der Waals surface area contributed by atoms with Gasteiger partial charge in [0.15, 0.2) is 0 Å². The van der Waals surface area contributed by atoms with E-state index in [2.05, 4.69) is 0 Å². The lowest BCUT2D eigenvalue weighted by Gasteiger charge is -2.13. The van der Waals surface area contributed by atoms with Crippen LogP contribution in [0.15, 0.2) is 24.3 Å². The van der Waals surface area contributed by atoms with E-state index in [0.717, 1.165) is 18.6 Å². The van der Waals surface area contributed by atoms with Crippen molar-refractivity contribution in [2.24, 2.45) is 0 Å². The zero-order valence-corrected chi connectivity index (χ0v) is 9.27. The van der Waals surface area contributed by atoms with E-state index in [4.69, 9.17) is 4.74 Å². The van der Waals surface area contributed by atoms with Crippen molar-refractivity contribution < 1.29 is 9.53 Å². The van der Waals surface area contributed by atoms with E-state index in [9.17, 15) is 4.79 Å². The Morgan fingerprint density at radius 1 is 1.33 bits per heavy atom. The summed E-state index contributed by atoms with van der Waals surface area (Å²) in [5.74, 6) is 0.888. The maximum absolute atomic E-state index is 10.3. The van der Waals surface area contributed by atoms with Gasteiger partial charge in [0, 0.05) is 6.54 Å². The van der Waals surface area contributed by atoms with Crippen LogP contribution in [0.4, 0.5) is 0 Å². The molecule has 0 N–H and O–H groups in total. The minimum Gasteiger partial charge on any atom is -0.494 e. The molecule has 0 aliphatic rings. The van der Waals surface area contributed by atoms with Crippen molar-refractivity contribution in [3.8, 4) is 5.75 Å². The predicted molar refractivity (Wildman–Crippen MR) is 60.0 cm³/mol. The summed E-state index contributed by atoms with van der Waals surface area (Å²) in [4.78, 5) is 12.2. The second-order valence-corrected chi connectivity index (χ2v) is 3.44. The van der Waals surface area contributed by atoms with Crippen molar-refractivity contribution >= 4 is 6.29 Å². The molecule has 0 unspecified atom stereocenters. The third-order valence-electron chi connectivity index (χ3n) is 2.07. The van der Waals surface area contributed by atoms with E-state index in [1.807, 2.05) is 43.1 Å². The molecule has 0 atom stereocenters. The van der Waals surface area contributed by atoms with Gasteiger partial charge in [0.1, 0.15) is 12.0 Å². The smallest absolute Gasteiger partial charge is 0.133 e. The molecule has 0 fully saturated rings. The molecule has 1 aromatic rings. The lowest BCUT2D eigenvalue weighted by molar-refractivity contribution is -0.108. The topological polar surface area (TPSA) is 29.5 Å². The van der Waals surface area contributed by atoms with Gasteiger partial charge in [-0.25, -0.2) is 0 Å². The third-order valence-corrected chi connectivity index (χ3v) is 2.07. The molecule has 0 amide bonds. The third kappa shape index (κ3) is 4.13. The molecule has 3 nitrogen and oxygen atoms in total. The number of likely N-dealkylation sites (N-methyl/N-ethyl adjacent to an activating group) is 1. The van der Waals surface area contributed by atoms with E-state index >= 15 is 0 Å². The first-order valence-electron chi connectivity index (χ1n) is 5.10. The van der Waals surface area contributed by atoms with Crippen LogP contribution < -0.4 is 4.74 Å². The summed E-state index contributed by atoms with van der Waals surface area (Å²) in [6.45, 7) is 3.90. The maximum atomic E-state index is 10.3. The molecule has 0 heterocycles. The van der Waals surface area contributed by atoms with Gasteiger partial charge in [-0.3, -0.25) is 4.90 Å². The van der Waals surface area contributed by atoms with Gasteiger partial charge < -0.3 is 9.53 Å². The lowest BCUT2D eigenvalue weighted by Crippen LogP contribution is -2.19. The fourth-order valence-electron chi connectivity index (χ4n) is 1.36. The molecule has 1 rings (SSSR count). The highest BCUT2D eigenvalue weighted by atomic mass is 16.5. The average Bonchev–Trinajstić information content (AvgIpc) is 2.22. The summed E-state index contributed by atoms with van der Waals surface area (Å²) in [7, 11) is 1.92. The number of rotatable bonds is 6. The van der Waals surface area contributed by atoms with Crippen LogP contribution in [0.1, 0.15) is 12.5 Å². The van der Waals surface area contributed by atoms with E-state index in [1.165, 1.54) is 5.56 Å². The molecule has 15 heavy (non-hydrogen) atoms. The number of benzene rings is 1. The zero-order chi connectivity index (χ0) is 11.1. The fourth-order valence-corrected chi connectivity index (χ4v) is 1.36. The van der Waals surface area contributed by atoms with Crippen molar-refractivity contribution in [2.45, 2.75) is 13.5 Å². The molecule has 3 heteroatoms. The minimum atomic E-state index is 0.465. The van der Waals surface area contributed by atoms with Crippen molar-refractivity contribution in [3.63, 3.8) is 0 Å². The van der Waals surface area contributed by atoms with Gasteiger partial charge in [-0.1, -0.05) is 12.1 Å². The van der Waals surface area contributed by atoms with Crippen LogP contribution in [0.5, 0.6) is 5.75 Å². The lowest BCUT2D eigenvalue weighted by atomic mass is 10.2. The largest absolute Gasteiger partial charge is 0.494 e. The Labute approximate surface area is 90.7 Å². The van der Waals surface area contributed by atoms with Crippen molar-refractivity contribution in [3.05, 3.63) is 29.8 Å². The number of nitrogens with zero attached hydrogens (tertiary/aromatic N) is 1. The SMILES string of the molecule is CCOc1ccc(CN(C)CC=O)cc1. The van der Waals surface area contributed by atoms with E-state index < -0.39 is 0 Å². The van der Waals surface area contributed by atoms with Crippen molar-refractivity contribution in [1.82, 2.24) is 4.90 Å². The highest BCUT2D eigenvalue weighted by Crippen LogP contribution is 2.12. The predicted octanol–water partition coefficient (Wildman–Crippen LogP) is 1.72. The first kappa shape index (κ1) is 11.7. The van der Waals surface area contributed by atoms with Gasteiger partial charge in [-0.05, 0) is 31.7 Å². The summed E-state index contributed by atoms with van der Waals surface area (Å²) >= 11 is 0. The number of carbonyl (C=O) groups excluding carboxylic acids is 1. The summed E-state index contributed by atoms with van der Waals surface area (Å²) in [5.41, 5.74) is 1.18. The van der Waals surface area contributed by atoms with Gasteiger partial charge >= 0.3 is 0 Å². The fraction of sp³-hybridized carbons (Fsp3) is 0.417. The normalized spacial score (nSPS) is 10.3. The molecule has 82 valence electrons. The Bertz CT molecular complexity index is 295. The highest BCUT2D eigenvalue weighted by molar-refractivity contribution is 5.51. The molecule has 0 saturated heterocycles. The number of hydrogen-bond acceptors (Lipinski definition) is 3. The molecule has 0 aliphatic heterocycles. The van der Waals surface area contributed by atoms with Crippen LogP contribution in [0.2, 0.25) is 0 Å². The highest BCUT2D eigenvalue weighted by Gasteiger charge is 1.99. The van der Waals surface area contributed by atoms with Crippen LogP contribution >= 0.6 is 0 Å². The van der Waals surface area contributed by atoms with Gasteiger partial charge in [0.25, 0.3) is 0 Å². The molecule has 0 aliphatic carbocycles. The Morgan fingerprint density at radius 3 is 2.53 bits per heavy atom. The first-order valence-corrected chi connectivity index (χ1v) is 5.10. The number of hydrogen-bond donors (Lipinski definition) is 0. The van der Waals surface area contributed by atoms with E-state index in [1.54, 1.807) is 0 Å². The molecule has 0 aromatic heterocycles. The molecule has 0 saturated carbocycles. The van der Waals surface area contributed by atoms with E-state index in [0.29, 0.717) is 13.2 Å². The quantitative estimate of drug-likeness (QED) is 0.665. The molecular formula is C12H17NO2. The van der Waals surface area contributed by atoms with Crippen LogP contribution in [0.25, 0.3) is 0 Å². The molecule has 0 radical (unpaired) electrons. The zero-order valence-electron chi connectivity index (χ0n) is 9.27. The molecule has 0 spiro atoms. The van der Waals surface area contributed by atoms with Gasteiger partial charge in [0.2, 0.25) is 0 Å². The van der Waals surface area contributed by atoms with Crippen LogP contribution in [0, 0.1) is 0 Å². The monoisotopic (exact) mass is 207 g/mol. The van der Waals surface area contributed by atoms with E-state index in [-0.39, 0.29) is 0 Å². The summed E-state index contributed by atoms with van der Waals surface area (Å²) < 4.78 is 5.34. The van der Waals surface area contributed by atoms with Crippen LogP contribution in [-0.2, 0) is 11.3 Å². The standard InChI is InChI=1S/C12H17NO2/c1-3-15-12-6-4-11(5-7-12)10-13(2)8-9-14/h4-7,9H,3,8,10H2,1-2H3. The molecular weight excluding hydrogens is 190 g/mol. The Hall–Kier alpha value is -1.35. The number of aldehydes is 1. The Morgan fingerprint density at radius 2 is 2.00 bits per heavy atom. The number of ether oxygens (including phenoxy) is 1. The minimum absolute atomic E-state index is 0.465. The second kappa shape index (κ2) is 6.19. The average molecular weight is 207 g/mol. The van der Waals surface area contributed by atoms with Crippen LogP contribution in [-0.4, -0.2) is 31.4 Å². The maximum Gasteiger partial charge on any atom is 0.133 e. The van der Waals surface area contributed by atoms with Crippen LogP contribution in [0.3, 0.4) is 0 Å². The van der Waals surface area contributed by atoms with Gasteiger partial charge in [0.05, 0.1) is 13.2 Å². The van der Waals surface area contributed by atoms with Crippen molar-refractivity contribution in [1.29, 1.82) is 0 Å².